The Balaban J connectivity index is 1.78. The monoisotopic (exact) mass is 481 g/mol. The number of hydrogen-bond acceptors (Lipinski definition) is 6. The van der Waals surface area contributed by atoms with Crippen molar-refractivity contribution in [2.45, 2.75) is 58.5 Å². The van der Waals surface area contributed by atoms with Crippen molar-refractivity contribution < 1.29 is 9.59 Å². The first-order chi connectivity index (χ1) is 16.8. The van der Waals surface area contributed by atoms with Crippen LogP contribution in [0.4, 0.5) is 5.82 Å². The third-order valence-electron chi connectivity index (χ3n) is 5.76. The van der Waals surface area contributed by atoms with Crippen molar-refractivity contribution in [3.05, 3.63) is 30.1 Å². The van der Waals surface area contributed by atoms with Gasteiger partial charge in [0, 0.05) is 38.4 Å². The van der Waals surface area contributed by atoms with Gasteiger partial charge in [-0.05, 0) is 25.3 Å². The first-order valence-corrected chi connectivity index (χ1v) is 12.0. The van der Waals surface area contributed by atoms with Crippen LogP contribution >= 0.6 is 0 Å². The van der Waals surface area contributed by atoms with Gasteiger partial charge < -0.3 is 32.0 Å². The Kier molecular flexibility index (Phi) is 8.82. The number of amides is 2. The van der Waals surface area contributed by atoms with E-state index in [9.17, 15) is 9.59 Å². The fourth-order valence-corrected chi connectivity index (χ4v) is 4.13. The third-order valence-corrected chi connectivity index (χ3v) is 5.76. The van der Waals surface area contributed by atoms with Gasteiger partial charge in [0.2, 0.25) is 11.8 Å². The SMILES string of the molecule is CCCCc1nc2c(N)nc3ccccc3c2n1CCNC(=O)C(CCCNC(=N)N)NC(C)=O. The van der Waals surface area contributed by atoms with Crippen molar-refractivity contribution >= 4 is 45.5 Å². The van der Waals surface area contributed by atoms with Gasteiger partial charge in [-0.2, -0.15) is 0 Å². The van der Waals surface area contributed by atoms with Gasteiger partial charge in [0.05, 0.1) is 11.0 Å². The number of aromatic nitrogens is 3. The Hall–Kier alpha value is -3.89. The highest BCUT2D eigenvalue weighted by molar-refractivity contribution is 6.06. The molecule has 0 bridgehead atoms. The Labute approximate surface area is 204 Å². The summed E-state index contributed by atoms with van der Waals surface area (Å²) in [7, 11) is 0. The van der Waals surface area contributed by atoms with Crippen molar-refractivity contribution in [3.8, 4) is 0 Å². The summed E-state index contributed by atoms with van der Waals surface area (Å²) >= 11 is 0. The highest BCUT2D eigenvalue weighted by atomic mass is 16.2. The van der Waals surface area contributed by atoms with Gasteiger partial charge in [-0.3, -0.25) is 15.0 Å². The van der Waals surface area contributed by atoms with Crippen LogP contribution in [0.3, 0.4) is 0 Å². The van der Waals surface area contributed by atoms with E-state index in [1.165, 1.54) is 6.92 Å². The second-order valence-electron chi connectivity index (χ2n) is 8.52. The van der Waals surface area contributed by atoms with Crippen molar-refractivity contribution in [2.75, 3.05) is 18.8 Å². The molecule has 188 valence electrons. The van der Waals surface area contributed by atoms with Crippen LogP contribution in [0.25, 0.3) is 21.9 Å². The number of carbonyl (C=O) groups is 2. The summed E-state index contributed by atoms with van der Waals surface area (Å²) in [5.74, 6) is 0.647. The third kappa shape index (κ3) is 6.58. The number of rotatable bonds is 12. The van der Waals surface area contributed by atoms with Gasteiger partial charge in [-0.25, -0.2) is 9.97 Å². The molecule has 11 nitrogen and oxygen atoms in total. The molecule has 8 N–H and O–H groups in total. The smallest absolute Gasteiger partial charge is 0.242 e. The fourth-order valence-electron chi connectivity index (χ4n) is 4.13. The molecule has 2 heterocycles. The average molecular weight is 482 g/mol. The summed E-state index contributed by atoms with van der Waals surface area (Å²) in [5, 5.41) is 16.5. The molecule has 1 unspecified atom stereocenters. The maximum atomic E-state index is 12.9. The topological polar surface area (TPSA) is 177 Å². The van der Waals surface area contributed by atoms with E-state index >= 15 is 0 Å². The number of nitrogens with two attached hydrogens (primary N) is 2. The second kappa shape index (κ2) is 12.0. The van der Waals surface area contributed by atoms with E-state index in [1.54, 1.807) is 0 Å². The Morgan fingerprint density at radius 2 is 1.91 bits per heavy atom. The van der Waals surface area contributed by atoms with Gasteiger partial charge in [0.1, 0.15) is 17.4 Å². The fraction of sp³-hybridized carbons (Fsp3) is 0.458. The number of carbonyl (C=O) groups excluding carboxylic acids is 2. The highest BCUT2D eigenvalue weighted by Crippen LogP contribution is 2.29. The summed E-state index contributed by atoms with van der Waals surface area (Å²) < 4.78 is 2.12. The Morgan fingerprint density at radius 1 is 1.14 bits per heavy atom. The molecular formula is C24H35N9O2. The summed E-state index contributed by atoms with van der Waals surface area (Å²) in [5.41, 5.74) is 13.9. The molecule has 11 heteroatoms. The van der Waals surface area contributed by atoms with Crippen LogP contribution in [0.1, 0.15) is 45.4 Å². The van der Waals surface area contributed by atoms with E-state index in [0.717, 1.165) is 41.5 Å². The number of nitrogens with zero attached hydrogens (tertiary/aromatic N) is 3. The van der Waals surface area contributed by atoms with E-state index in [1.807, 2.05) is 24.3 Å². The zero-order valence-corrected chi connectivity index (χ0v) is 20.4. The number of nitrogens with one attached hydrogen (secondary N) is 4. The molecule has 1 atom stereocenters. The summed E-state index contributed by atoms with van der Waals surface area (Å²) in [6, 6.07) is 7.15. The van der Waals surface area contributed by atoms with Crippen LogP contribution in [0.5, 0.6) is 0 Å². The van der Waals surface area contributed by atoms with Crippen LogP contribution in [-0.4, -0.2) is 51.4 Å². The number of para-hydroxylation sites is 1. The standard InChI is InChI=1S/C24H35N9O2/c1-3-4-11-19-32-20-21(16-8-5-6-9-17(16)31-22(20)25)33(19)14-13-28-23(35)18(30-15(2)34)10-7-12-29-24(26)27/h5-6,8-9,18H,3-4,7,10-14H2,1-2H3,(H2,25,31)(H,28,35)(H,30,34)(H4,26,27,29). The lowest BCUT2D eigenvalue weighted by molar-refractivity contribution is -0.128. The molecule has 3 rings (SSSR count). The first kappa shape index (κ1) is 25.7. The van der Waals surface area contributed by atoms with E-state index in [4.69, 9.17) is 21.9 Å². The van der Waals surface area contributed by atoms with E-state index in [-0.39, 0.29) is 17.8 Å². The number of benzene rings is 1. The number of anilines is 1. The first-order valence-electron chi connectivity index (χ1n) is 12.0. The molecule has 2 amide bonds. The minimum absolute atomic E-state index is 0.125. The number of imidazole rings is 1. The lowest BCUT2D eigenvalue weighted by Gasteiger charge is -2.18. The molecule has 2 aromatic heterocycles. The van der Waals surface area contributed by atoms with Crippen molar-refractivity contribution in [1.82, 2.24) is 30.5 Å². The van der Waals surface area contributed by atoms with Gasteiger partial charge in [-0.1, -0.05) is 31.5 Å². The molecule has 0 spiro atoms. The predicted molar refractivity (Wildman–Crippen MR) is 138 cm³/mol. The van der Waals surface area contributed by atoms with Crippen LogP contribution in [0, 0.1) is 5.41 Å². The number of pyridine rings is 1. The number of aryl methyl sites for hydroxylation is 1. The molecule has 0 saturated heterocycles. The number of guanidine groups is 1. The summed E-state index contributed by atoms with van der Waals surface area (Å²) in [6.07, 6.45) is 3.81. The lowest BCUT2D eigenvalue weighted by atomic mass is 10.1. The molecule has 35 heavy (non-hydrogen) atoms. The van der Waals surface area contributed by atoms with Crippen LogP contribution in [0.15, 0.2) is 24.3 Å². The molecule has 0 aliphatic heterocycles. The predicted octanol–water partition coefficient (Wildman–Crippen LogP) is 1.39. The van der Waals surface area contributed by atoms with Crippen LogP contribution < -0.4 is 27.4 Å². The summed E-state index contributed by atoms with van der Waals surface area (Å²) in [4.78, 5) is 33.8. The van der Waals surface area contributed by atoms with Gasteiger partial charge in [0.15, 0.2) is 11.8 Å². The molecule has 0 aliphatic carbocycles. The lowest BCUT2D eigenvalue weighted by Crippen LogP contribution is -2.47. The number of hydrogen-bond donors (Lipinski definition) is 6. The Bertz CT molecular complexity index is 1200. The quantitative estimate of drug-likeness (QED) is 0.129. The molecule has 0 fully saturated rings. The normalized spacial score (nSPS) is 11.9. The van der Waals surface area contributed by atoms with Crippen LogP contribution in [0.2, 0.25) is 0 Å². The van der Waals surface area contributed by atoms with E-state index in [0.29, 0.717) is 43.8 Å². The number of unbranched alkanes of at least 4 members (excludes halogenated alkanes) is 1. The zero-order valence-electron chi connectivity index (χ0n) is 20.4. The molecule has 0 saturated carbocycles. The highest BCUT2D eigenvalue weighted by Gasteiger charge is 2.20. The van der Waals surface area contributed by atoms with Gasteiger partial charge in [-0.15, -0.1) is 0 Å². The maximum absolute atomic E-state index is 12.9. The molecule has 3 aromatic rings. The van der Waals surface area contributed by atoms with Gasteiger partial charge in [0.25, 0.3) is 0 Å². The largest absolute Gasteiger partial charge is 0.382 e. The van der Waals surface area contributed by atoms with Crippen molar-refractivity contribution in [3.63, 3.8) is 0 Å². The molecule has 0 aliphatic rings. The Morgan fingerprint density at radius 3 is 2.63 bits per heavy atom. The number of fused-ring (bicyclic) bond motifs is 3. The second-order valence-corrected chi connectivity index (χ2v) is 8.52. The molecule has 1 aromatic carbocycles. The average Bonchev–Trinajstić information content (AvgIpc) is 3.18. The maximum Gasteiger partial charge on any atom is 0.242 e. The minimum atomic E-state index is -0.666. The summed E-state index contributed by atoms with van der Waals surface area (Å²) in [6.45, 7) is 4.83. The van der Waals surface area contributed by atoms with E-state index < -0.39 is 6.04 Å². The zero-order chi connectivity index (χ0) is 25.4. The van der Waals surface area contributed by atoms with Gasteiger partial charge >= 0.3 is 0 Å². The van der Waals surface area contributed by atoms with Crippen molar-refractivity contribution in [2.24, 2.45) is 5.73 Å². The van der Waals surface area contributed by atoms with Crippen LogP contribution in [-0.2, 0) is 22.6 Å². The molecular weight excluding hydrogens is 446 g/mol. The molecule has 0 radical (unpaired) electrons. The minimum Gasteiger partial charge on any atom is -0.382 e. The number of nitrogen functional groups attached to an aromatic ring is 1. The van der Waals surface area contributed by atoms with Crippen molar-refractivity contribution in [1.29, 1.82) is 5.41 Å². The van der Waals surface area contributed by atoms with E-state index in [2.05, 4.69) is 32.4 Å².